The number of nitrogens with one attached hydrogen (secondary N) is 1. The quantitative estimate of drug-likeness (QED) is 0.769. The van der Waals surface area contributed by atoms with Crippen molar-refractivity contribution in [2.45, 2.75) is 57.6 Å². The highest BCUT2D eigenvalue weighted by atomic mass is 16.5. The third-order valence-electron chi connectivity index (χ3n) is 4.00. The first-order valence-electron chi connectivity index (χ1n) is 7.46. The standard InChI is InChI=1S/C14H28N2O/c1-2-5-13-12-16(10-8-15-13)9-3-6-14-7-4-11-17-14/h13-15H,2-12H2,1H3. The van der Waals surface area contributed by atoms with E-state index in [9.17, 15) is 0 Å². The lowest BCUT2D eigenvalue weighted by atomic mass is 10.1. The maximum atomic E-state index is 5.67. The van der Waals surface area contributed by atoms with Gasteiger partial charge in [0.25, 0.3) is 0 Å². The zero-order valence-corrected chi connectivity index (χ0v) is 11.3. The van der Waals surface area contributed by atoms with Crippen LogP contribution in [0.4, 0.5) is 0 Å². The minimum Gasteiger partial charge on any atom is -0.378 e. The first-order valence-corrected chi connectivity index (χ1v) is 7.46. The molecule has 0 bridgehead atoms. The van der Waals surface area contributed by atoms with Gasteiger partial charge in [-0.05, 0) is 38.6 Å². The number of piperazine rings is 1. The Morgan fingerprint density at radius 3 is 3.06 bits per heavy atom. The maximum Gasteiger partial charge on any atom is 0.0576 e. The second kappa shape index (κ2) is 7.34. The molecule has 0 aromatic heterocycles. The van der Waals surface area contributed by atoms with Crippen LogP contribution in [0.1, 0.15) is 45.4 Å². The molecule has 0 amide bonds. The largest absolute Gasteiger partial charge is 0.378 e. The van der Waals surface area contributed by atoms with E-state index in [1.807, 2.05) is 0 Å². The van der Waals surface area contributed by atoms with Crippen LogP contribution in [-0.2, 0) is 4.74 Å². The van der Waals surface area contributed by atoms with Gasteiger partial charge >= 0.3 is 0 Å². The molecule has 2 atom stereocenters. The number of hydrogen-bond donors (Lipinski definition) is 1. The molecule has 0 aromatic carbocycles. The van der Waals surface area contributed by atoms with Gasteiger partial charge in [0, 0.05) is 32.3 Å². The van der Waals surface area contributed by atoms with Gasteiger partial charge in [0.1, 0.15) is 0 Å². The molecule has 2 saturated heterocycles. The molecule has 2 aliphatic rings. The van der Waals surface area contributed by atoms with Crippen molar-refractivity contribution in [3.05, 3.63) is 0 Å². The summed E-state index contributed by atoms with van der Waals surface area (Å²) in [5.74, 6) is 0. The Labute approximate surface area is 106 Å². The van der Waals surface area contributed by atoms with Crippen molar-refractivity contribution >= 4 is 0 Å². The summed E-state index contributed by atoms with van der Waals surface area (Å²) in [6, 6.07) is 0.733. The van der Waals surface area contributed by atoms with Crippen molar-refractivity contribution in [2.24, 2.45) is 0 Å². The fourth-order valence-electron chi connectivity index (χ4n) is 3.05. The third kappa shape index (κ3) is 4.57. The second-order valence-corrected chi connectivity index (χ2v) is 5.52. The van der Waals surface area contributed by atoms with Crippen LogP contribution in [0.25, 0.3) is 0 Å². The van der Waals surface area contributed by atoms with E-state index in [0.29, 0.717) is 6.10 Å². The molecule has 2 heterocycles. The zero-order valence-electron chi connectivity index (χ0n) is 11.3. The summed E-state index contributed by atoms with van der Waals surface area (Å²) < 4.78 is 5.67. The van der Waals surface area contributed by atoms with Gasteiger partial charge in [0.15, 0.2) is 0 Å². The molecule has 3 nitrogen and oxygen atoms in total. The molecule has 100 valence electrons. The Hall–Kier alpha value is -0.120. The first-order chi connectivity index (χ1) is 8.38. The number of hydrogen-bond acceptors (Lipinski definition) is 3. The van der Waals surface area contributed by atoms with Gasteiger partial charge in [0.2, 0.25) is 0 Å². The molecule has 0 saturated carbocycles. The molecule has 3 heteroatoms. The Morgan fingerprint density at radius 1 is 1.35 bits per heavy atom. The highest BCUT2D eigenvalue weighted by Gasteiger charge is 2.19. The van der Waals surface area contributed by atoms with Gasteiger partial charge in [-0.1, -0.05) is 13.3 Å². The van der Waals surface area contributed by atoms with E-state index in [0.717, 1.165) is 12.6 Å². The molecule has 0 aromatic rings. The predicted molar refractivity (Wildman–Crippen MR) is 71.3 cm³/mol. The lowest BCUT2D eigenvalue weighted by Crippen LogP contribution is -2.50. The molecular formula is C14H28N2O. The van der Waals surface area contributed by atoms with Crippen molar-refractivity contribution in [2.75, 3.05) is 32.8 Å². The lowest BCUT2D eigenvalue weighted by Gasteiger charge is -2.33. The Morgan fingerprint density at radius 2 is 2.29 bits per heavy atom. The molecule has 0 spiro atoms. The Kier molecular flexibility index (Phi) is 5.75. The van der Waals surface area contributed by atoms with Gasteiger partial charge in [0.05, 0.1) is 6.10 Å². The molecule has 1 N–H and O–H groups in total. The molecule has 0 aliphatic carbocycles. The molecule has 0 radical (unpaired) electrons. The van der Waals surface area contributed by atoms with Gasteiger partial charge in [-0.2, -0.15) is 0 Å². The fraction of sp³-hybridized carbons (Fsp3) is 1.00. The van der Waals surface area contributed by atoms with Crippen LogP contribution in [0, 0.1) is 0 Å². The van der Waals surface area contributed by atoms with E-state index in [4.69, 9.17) is 4.74 Å². The van der Waals surface area contributed by atoms with Gasteiger partial charge in [-0.3, -0.25) is 0 Å². The van der Waals surface area contributed by atoms with Crippen molar-refractivity contribution in [1.29, 1.82) is 0 Å². The van der Waals surface area contributed by atoms with E-state index in [-0.39, 0.29) is 0 Å². The normalized spacial score (nSPS) is 30.9. The summed E-state index contributed by atoms with van der Waals surface area (Å²) >= 11 is 0. The average molecular weight is 240 g/mol. The summed E-state index contributed by atoms with van der Waals surface area (Å²) in [5, 5.41) is 3.62. The second-order valence-electron chi connectivity index (χ2n) is 5.52. The van der Waals surface area contributed by atoms with E-state index in [2.05, 4.69) is 17.1 Å². The number of nitrogens with zero attached hydrogens (tertiary/aromatic N) is 1. The Bertz CT molecular complexity index is 202. The van der Waals surface area contributed by atoms with Crippen molar-refractivity contribution in [3.63, 3.8) is 0 Å². The van der Waals surface area contributed by atoms with Crippen LogP contribution in [0.5, 0.6) is 0 Å². The van der Waals surface area contributed by atoms with Crippen molar-refractivity contribution in [1.82, 2.24) is 10.2 Å². The first kappa shape index (κ1) is 13.3. The van der Waals surface area contributed by atoms with E-state index >= 15 is 0 Å². The maximum absolute atomic E-state index is 5.67. The van der Waals surface area contributed by atoms with Crippen molar-refractivity contribution < 1.29 is 4.74 Å². The highest BCUT2D eigenvalue weighted by molar-refractivity contribution is 4.78. The van der Waals surface area contributed by atoms with Gasteiger partial charge < -0.3 is 15.0 Å². The Balaban J connectivity index is 1.58. The predicted octanol–water partition coefficient (Wildman–Crippen LogP) is 2.02. The fourth-order valence-corrected chi connectivity index (χ4v) is 3.05. The van der Waals surface area contributed by atoms with Crippen LogP contribution < -0.4 is 5.32 Å². The molecule has 2 rings (SSSR count). The lowest BCUT2D eigenvalue weighted by molar-refractivity contribution is 0.0965. The highest BCUT2D eigenvalue weighted by Crippen LogP contribution is 2.17. The van der Waals surface area contributed by atoms with Crippen LogP contribution in [0.3, 0.4) is 0 Å². The van der Waals surface area contributed by atoms with Crippen molar-refractivity contribution in [3.8, 4) is 0 Å². The molecular weight excluding hydrogens is 212 g/mol. The minimum absolute atomic E-state index is 0.573. The van der Waals surface area contributed by atoms with Crippen LogP contribution in [0.15, 0.2) is 0 Å². The van der Waals surface area contributed by atoms with E-state index in [1.165, 1.54) is 64.7 Å². The zero-order chi connectivity index (χ0) is 11.9. The molecule has 2 fully saturated rings. The van der Waals surface area contributed by atoms with Crippen LogP contribution in [-0.4, -0.2) is 49.8 Å². The molecule has 2 unspecified atom stereocenters. The van der Waals surface area contributed by atoms with E-state index in [1.54, 1.807) is 0 Å². The van der Waals surface area contributed by atoms with Gasteiger partial charge in [-0.25, -0.2) is 0 Å². The molecule has 17 heavy (non-hydrogen) atoms. The summed E-state index contributed by atoms with van der Waals surface area (Å²) in [5.41, 5.74) is 0. The van der Waals surface area contributed by atoms with Crippen LogP contribution >= 0.6 is 0 Å². The van der Waals surface area contributed by atoms with Crippen LogP contribution in [0.2, 0.25) is 0 Å². The number of rotatable bonds is 6. The minimum atomic E-state index is 0.573. The third-order valence-corrected chi connectivity index (χ3v) is 4.00. The summed E-state index contributed by atoms with van der Waals surface area (Å²) in [7, 11) is 0. The smallest absolute Gasteiger partial charge is 0.0576 e. The SMILES string of the molecule is CCCC1CN(CCCC2CCCO2)CCN1. The molecule has 2 aliphatic heterocycles. The topological polar surface area (TPSA) is 24.5 Å². The number of ether oxygens (including phenoxy) is 1. The summed E-state index contributed by atoms with van der Waals surface area (Å²) in [6.45, 7) is 8.19. The van der Waals surface area contributed by atoms with E-state index < -0.39 is 0 Å². The summed E-state index contributed by atoms with van der Waals surface area (Å²) in [6.07, 6.45) is 8.33. The average Bonchev–Trinajstić information content (AvgIpc) is 2.83. The summed E-state index contributed by atoms with van der Waals surface area (Å²) in [4.78, 5) is 2.63. The monoisotopic (exact) mass is 240 g/mol. The van der Waals surface area contributed by atoms with Gasteiger partial charge in [-0.15, -0.1) is 0 Å².